The molecule has 0 fully saturated rings. The zero-order chi connectivity index (χ0) is 13.9. The van der Waals surface area contributed by atoms with Crippen molar-refractivity contribution in [3.63, 3.8) is 0 Å². The molecule has 0 saturated carbocycles. The van der Waals surface area contributed by atoms with E-state index in [1.54, 1.807) is 24.4 Å². The third kappa shape index (κ3) is 6.49. The van der Waals surface area contributed by atoms with Crippen molar-refractivity contribution in [1.82, 2.24) is 15.6 Å². The molecule has 7 nitrogen and oxygen atoms in total. The lowest BCUT2D eigenvalue weighted by molar-refractivity contribution is -0.139. The Morgan fingerprint density at radius 3 is 2.68 bits per heavy atom. The molecule has 1 rings (SSSR count). The van der Waals surface area contributed by atoms with Crippen LogP contribution in [-0.4, -0.2) is 48.3 Å². The third-order valence-corrected chi connectivity index (χ3v) is 2.13. The van der Waals surface area contributed by atoms with E-state index in [4.69, 9.17) is 9.84 Å². The van der Waals surface area contributed by atoms with Crippen molar-refractivity contribution in [2.24, 2.45) is 0 Å². The van der Waals surface area contributed by atoms with Crippen LogP contribution in [0, 0.1) is 0 Å². The van der Waals surface area contributed by atoms with E-state index in [2.05, 4.69) is 15.6 Å². The summed E-state index contributed by atoms with van der Waals surface area (Å²) >= 11 is 0. The first-order chi connectivity index (χ1) is 9.24. The molecule has 0 aliphatic heterocycles. The van der Waals surface area contributed by atoms with Crippen molar-refractivity contribution in [3.8, 4) is 0 Å². The van der Waals surface area contributed by atoms with Gasteiger partial charge in [-0.2, -0.15) is 0 Å². The number of hydrogen-bond donors (Lipinski definition) is 3. The predicted octanol–water partition coefficient (Wildman–Crippen LogP) is -1.18. The summed E-state index contributed by atoms with van der Waals surface area (Å²) in [5, 5.41) is 13.3. The number of nitrogens with zero attached hydrogens (tertiary/aromatic N) is 1. The number of aliphatic hydroxyl groups is 1. The van der Waals surface area contributed by atoms with Gasteiger partial charge in [0.05, 0.1) is 32.1 Å². The average molecular weight is 267 g/mol. The van der Waals surface area contributed by atoms with Gasteiger partial charge in [-0.3, -0.25) is 14.6 Å². The predicted molar refractivity (Wildman–Crippen MR) is 67.0 cm³/mol. The highest BCUT2D eigenvalue weighted by atomic mass is 16.5. The third-order valence-electron chi connectivity index (χ3n) is 2.13. The molecule has 2 amide bonds. The lowest BCUT2D eigenvalue weighted by Gasteiger charge is -2.06. The second-order valence-corrected chi connectivity index (χ2v) is 3.60. The average Bonchev–Trinajstić information content (AvgIpc) is 2.45. The number of pyridine rings is 1. The molecule has 0 atom stereocenters. The molecule has 0 radical (unpaired) electrons. The van der Waals surface area contributed by atoms with Gasteiger partial charge in [0.1, 0.15) is 0 Å². The fraction of sp³-hybridized carbons (Fsp3) is 0.417. The van der Waals surface area contributed by atoms with Crippen molar-refractivity contribution < 1.29 is 19.4 Å². The van der Waals surface area contributed by atoms with Crippen LogP contribution in [0.2, 0.25) is 0 Å². The van der Waals surface area contributed by atoms with Crippen LogP contribution >= 0.6 is 0 Å². The Balaban J connectivity index is 2.16. The summed E-state index contributed by atoms with van der Waals surface area (Å²) in [6, 6.07) is 5.32. The van der Waals surface area contributed by atoms with E-state index in [-0.39, 0.29) is 32.9 Å². The number of aliphatic hydroxyl groups excluding tert-OH is 1. The zero-order valence-corrected chi connectivity index (χ0v) is 10.5. The Morgan fingerprint density at radius 2 is 2.00 bits per heavy atom. The first kappa shape index (κ1) is 15.1. The molecule has 0 aliphatic carbocycles. The highest BCUT2D eigenvalue weighted by Crippen LogP contribution is 1.91. The second-order valence-electron chi connectivity index (χ2n) is 3.60. The van der Waals surface area contributed by atoms with Crippen LogP contribution in [0.15, 0.2) is 24.4 Å². The monoisotopic (exact) mass is 267 g/mol. The highest BCUT2D eigenvalue weighted by molar-refractivity contribution is 6.35. The van der Waals surface area contributed by atoms with Crippen LogP contribution in [0.3, 0.4) is 0 Å². The Morgan fingerprint density at radius 1 is 1.21 bits per heavy atom. The van der Waals surface area contributed by atoms with Gasteiger partial charge in [0.25, 0.3) is 0 Å². The van der Waals surface area contributed by atoms with Gasteiger partial charge in [-0.1, -0.05) is 6.07 Å². The summed E-state index contributed by atoms with van der Waals surface area (Å²) in [5.41, 5.74) is 0.676. The van der Waals surface area contributed by atoms with Crippen LogP contribution in [0.5, 0.6) is 0 Å². The van der Waals surface area contributed by atoms with Crippen LogP contribution in [0.1, 0.15) is 5.69 Å². The number of ether oxygens (including phenoxy) is 1. The minimum atomic E-state index is -0.719. The van der Waals surface area contributed by atoms with Crippen LogP contribution in [-0.2, 0) is 20.9 Å². The summed E-state index contributed by atoms with van der Waals surface area (Å²) in [4.78, 5) is 26.8. The molecule has 0 aliphatic rings. The number of carbonyl (C=O) groups excluding carboxylic acids is 2. The van der Waals surface area contributed by atoms with Gasteiger partial charge in [0.2, 0.25) is 0 Å². The molecule has 1 aromatic rings. The van der Waals surface area contributed by atoms with E-state index in [0.29, 0.717) is 5.69 Å². The molecule has 1 heterocycles. The fourth-order valence-corrected chi connectivity index (χ4v) is 1.24. The standard InChI is InChI=1S/C12H17N3O4/c16-6-8-19-7-5-14-11(17)12(18)15-9-10-3-1-2-4-13-10/h1-4,16H,5-9H2,(H,14,17)(H,15,18). The minimum absolute atomic E-state index is 0.0709. The Hall–Kier alpha value is -1.99. The molecule has 104 valence electrons. The first-order valence-electron chi connectivity index (χ1n) is 5.88. The molecule has 19 heavy (non-hydrogen) atoms. The summed E-state index contributed by atoms with van der Waals surface area (Å²) in [6.07, 6.45) is 1.61. The van der Waals surface area contributed by atoms with E-state index >= 15 is 0 Å². The molecule has 3 N–H and O–H groups in total. The normalized spacial score (nSPS) is 9.95. The Bertz CT molecular complexity index is 397. The van der Waals surface area contributed by atoms with Gasteiger partial charge >= 0.3 is 11.8 Å². The molecule has 7 heteroatoms. The maximum absolute atomic E-state index is 11.4. The van der Waals surface area contributed by atoms with Gasteiger partial charge in [0, 0.05) is 12.7 Å². The van der Waals surface area contributed by atoms with E-state index in [1.165, 1.54) is 0 Å². The van der Waals surface area contributed by atoms with Crippen molar-refractivity contribution >= 4 is 11.8 Å². The number of carbonyl (C=O) groups is 2. The van der Waals surface area contributed by atoms with Gasteiger partial charge in [0.15, 0.2) is 0 Å². The molecule has 0 unspecified atom stereocenters. The zero-order valence-electron chi connectivity index (χ0n) is 10.5. The van der Waals surface area contributed by atoms with Crippen molar-refractivity contribution in [1.29, 1.82) is 0 Å². The highest BCUT2D eigenvalue weighted by Gasteiger charge is 2.12. The van der Waals surface area contributed by atoms with Gasteiger partial charge in [-0.15, -0.1) is 0 Å². The van der Waals surface area contributed by atoms with E-state index in [9.17, 15) is 9.59 Å². The van der Waals surface area contributed by atoms with Crippen molar-refractivity contribution in [2.75, 3.05) is 26.4 Å². The summed E-state index contributed by atoms with van der Waals surface area (Å²) < 4.78 is 4.94. The Labute approximate surface area is 111 Å². The van der Waals surface area contributed by atoms with Crippen molar-refractivity contribution in [3.05, 3.63) is 30.1 Å². The smallest absolute Gasteiger partial charge is 0.309 e. The summed E-state index contributed by atoms with van der Waals surface area (Å²) in [6.45, 7) is 0.810. The number of rotatable bonds is 7. The molecule has 0 aromatic carbocycles. The van der Waals surface area contributed by atoms with E-state index in [1.807, 2.05) is 0 Å². The van der Waals surface area contributed by atoms with E-state index < -0.39 is 11.8 Å². The summed E-state index contributed by atoms with van der Waals surface area (Å²) in [7, 11) is 0. The van der Waals surface area contributed by atoms with Crippen LogP contribution in [0.4, 0.5) is 0 Å². The fourth-order valence-electron chi connectivity index (χ4n) is 1.24. The SMILES string of the molecule is O=C(NCCOCCO)C(=O)NCc1ccccn1. The van der Waals surface area contributed by atoms with Gasteiger partial charge in [-0.05, 0) is 12.1 Å². The maximum Gasteiger partial charge on any atom is 0.309 e. The topological polar surface area (TPSA) is 101 Å². The lowest BCUT2D eigenvalue weighted by atomic mass is 10.3. The lowest BCUT2D eigenvalue weighted by Crippen LogP contribution is -2.40. The quantitative estimate of drug-likeness (QED) is 0.426. The largest absolute Gasteiger partial charge is 0.394 e. The molecule has 1 aromatic heterocycles. The van der Waals surface area contributed by atoms with Crippen LogP contribution < -0.4 is 10.6 Å². The number of nitrogens with one attached hydrogen (secondary N) is 2. The van der Waals surface area contributed by atoms with Gasteiger partial charge < -0.3 is 20.5 Å². The van der Waals surface area contributed by atoms with Crippen molar-refractivity contribution in [2.45, 2.75) is 6.54 Å². The van der Waals surface area contributed by atoms with Crippen LogP contribution in [0.25, 0.3) is 0 Å². The first-order valence-corrected chi connectivity index (χ1v) is 5.88. The summed E-state index contributed by atoms with van der Waals surface area (Å²) in [5.74, 6) is -1.43. The molecule has 0 spiro atoms. The second kappa shape index (κ2) is 9.01. The molecular formula is C12H17N3O4. The Kier molecular flexibility index (Phi) is 7.14. The number of hydrogen-bond acceptors (Lipinski definition) is 5. The van der Waals surface area contributed by atoms with E-state index in [0.717, 1.165) is 0 Å². The number of amides is 2. The maximum atomic E-state index is 11.4. The van der Waals surface area contributed by atoms with Gasteiger partial charge in [-0.25, -0.2) is 0 Å². The number of aromatic nitrogens is 1. The molecular weight excluding hydrogens is 250 g/mol. The molecule has 0 saturated heterocycles. The molecule has 0 bridgehead atoms. The minimum Gasteiger partial charge on any atom is -0.394 e.